The number of aromatic nitrogens is 1. The average molecular weight is 530 g/mol. The van der Waals surface area contributed by atoms with Gasteiger partial charge in [-0.05, 0) is 53.3 Å². The number of nitrogens with two attached hydrogens (primary N) is 1. The number of nitrogens with one attached hydrogen (secondary N) is 1. The zero-order chi connectivity index (χ0) is 24.8. The molecule has 3 N–H and O–H groups in total. The Kier molecular flexibility index (Phi) is 7.81. The molecule has 2 aromatic carbocycles. The van der Waals surface area contributed by atoms with Crippen molar-refractivity contribution in [1.29, 1.82) is 0 Å². The highest BCUT2D eigenvalue weighted by Gasteiger charge is 2.20. The van der Waals surface area contributed by atoms with Gasteiger partial charge in [0, 0.05) is 5.38 Å². The molecular formula is C24H23N3O5S3. The van der Waals surface area contributed by atoms with Crippen LogP contribution in [0.1, 0.15) is 22.9 Å². The Morgan fingerprint density at radius 2 is 1.86 bits per heavy atom. The molecule has 4 aromatic rings. The first kappa shape index (κ1) is 24.9. The fourth-order valence-electron chi connectivity index (χ4n) is 3.45. The summed E-state index contributed by atoms with van der Waals surface area (Å²) in [5.74, 6) is 0.653. The highest BCUT2D eigenvalue weighted by molar-refractivity contribution is 7.84. The molecule has 2 aromatic heterocycles. The van der Waals surface area contributed by atoms with E-state index in [1.165, 1.54) is 23.5 Å². The molecule has 0 aliphatic carbocycles. The molecule has 1 amide bonds. The van der Waals surface area contributed by atoms with E-state index in [1.54, 1.807) is 30.6 Å². The number of ether oxygens (including phenoxy) is 1. The van der Waals surface area contributed by atoms with Crippen molar-refractivity contribution in [2.75, 3.05) is 7.11 Å². The number of carbonyl (C=O) groups excluding carboxylic acids is 1. The number of rotatable bonds is 10. The smallest absolute Gasteiger partial charge is 0.380 e. The summed E-state index contributed by atoms with van der Waals surface area (Å²) in [6.45, 7) is 0. The van der Waals surface area contributed by atoms with Gasteiger partial charge in [-0.2, -0.15) is 13.6 Å². The van der Waals surface area contributed by atoms with E-state index in [0.717, 1.165) is 26.7 Å². The topological polar surface area (TPSA) is 121 Å². The van der Waals surface area contributed by atoms with Crippen molar-refractivity contribution in [3.05, 3.63) is 88.2 Å². The van der Waals surface area contributed by atoms with Gasteiger partial charge in [-0.3, -0.25) is 4.79 Å². The van der Waals surface area contributed by atoms with Crippen LogP contribution in [0.4, 0.5) is 0 Å². The molecule has 35 heavy (non-hydrogen) atoms. The predicted molar refractivity (Wildman–Crippen MR) is 137 cm³/mol. The van der Waals surface area contributed by atoms with E-state index in [0.29, 0.717) is 12.2 Å². The van der Waals surface area contributed by atoms with Gasteiger partial charge >= 0.3 is 10.3 Å². The van der Waals surface area contributed by atoms with E-state index in [4.69, 9.17) is 19.0 Å². The first-order valence-corrected chi connectivity index (χ1v) is 13.7. The van der Waals surface area contributed by atoms with Gasteiger partial charge in [-0.1, -0.05) is 30.3 Å². The Balaban J connectivity index is 1.54. The predicted octanol–water partition coefficient (Wildman–Crippen LogP) is 4.11. The molecule has 0 saturated heterocycles. The van der Waals surface area contributed by atoms with Crippen LogP contribution in [0, 0.1) is 0 Å². The monoisotopic (exact) mass is 529 g/mol. The number of amides is 1. The van der Waals surface area contributed by atoms with Crippen molar-refractivity contribution in [1.82, 2.24) is 10.3 Å². The summed E-state index contributed by atoms with van der Waals surface area (Å²) in [7, 11) is -2.51. The third-order valence-electron chi connectivity index (χ3n) is 5.02. The van der Waals surface area contributed by atoms with Gasteiger partial charge in [-0.15, -0.1) is 22.7 Å². The summed E-state index contributed by atoms with van der Waals surface area (Å²) in [5.41, 5.74) is 2.45. The van der Waals surface area contributed by atoms with Crippen LogP contribution in [-0.2, 0) is 27.9 Å². The third kappa shape index (κ3) is 7.12. The fourth-order valence-corrected chi connectivity index (χ4v) is 5.52. The lowest BCUT2D eigenvalue weighted by molar-refractivity contribution is -0.121. The zero-order valence-corrected chi connectivity index (χ0v) is 21.2. The maximum absolute atomic E-state index is 13.0. The second-order valence-corrected chi connectivity index (χ2v) is 10.6. The quantitative estimate of drug-likeness (QED) is 0.319. The Bertz CT molecular complexity index is 1380. The number of thiazole rings is 1. The first-order chi connectivity index (χ1) is 16.8. The molecule has 0 fully saturated rings. The van der Waals surface area contributed by atoms with Gasteiger partial charge in [0.25, 0.3) is 0 Å². The molecule has 0 bridgehead atoms. The van der Waals surface area contributed by atoms with Crippen molar-refractivity contribution >= 4 is 38.9 Å². The molecule has 0 radical (unpaired) electrons. The van der Waals surface area contributed by atoms with Crippen LogP contribution in [-0.4, -0.2) is 26.4 Å². The van der Waals surface area contributed by atoms with Gasteiger partial charge in [0.1, 0.15) is 16.5 Å². The summed E-state index contributed by atoms with van der Waals surface area (Å²) in [6.07, 6.45) is 0.643. The van der Waals surface area contributed by atoms with Crippen LogP contribution in [0.2, 0.25) is 0 Å². The number of methoxy groups -OCH3 is 1. The summed E-state index contributed by atoms with van der Waals surface area (Å²) in [4.78, 5) is 18.8. The summed E-state index contributed by atoms with van der Waals surface area (Å²) in [5, 5.41) is 12.9. The van der Waals surface area contributed by atoms with E-state index in [9.17, 15) is 13.2 Å². The van der Waals surface area contributed by atoms with E-state index in [-0.39, 0.29) is 24.1 Å². The summed E-state index contributed by atoms with van der Waals surface area (Å²) < 4.78 is 32.3. The maximum Gasteiger partial charge on any atom is 0.380 e. The van der Waals surface area contributed by atoms with Gasteiger partial charge < -0.3 is 14.2 Å². The van der Waals surface area contributed by atoms with Gasteiger partial charge in [-0.25, -0.2) is 4.98 Å². The summed E-state index contributed by atoms with van der Waals surface area (Å²) in [6, 6.07) is 17.5. The number of thiophene rings is 1. The molecule has 0 aliphatic rings. The molecule has 11 heteroatoms. The molecule has 0 spiro atoms. The largest absolute Gasteiger partial charge is 0.497 e. The lowest BCUT2D eigenvalue weighted by atomic mass is 10.0. The molecule has 2 heterocycles. The number of hydrogen-bond donors (Lipinski definition) is 2. The third-order valence-corrected chi connectivity index (χ3v) is 7.34. The normalized spacial score (nSPS) is 12.2. The summed E-state index contributed by atoms with van der Waals surface area (Å²) >= 11 is 3.13. The minimum atomic E-state index is -4.10. The molecule has 1 atom stereocenters. The second-order valence-electron chi connectivity index (χ2n) is 7.63. The van der Waals surface area contributed by atoms with Crippen molar-refractivity contribution in [2.45, 2.75) is 18.9 Å². The zero-order valence-electron chi connectivity index (χ0n) is 18.7. The standard InChI is InChI=1S/C24H23N3O5S3/c1-31-19-5-2-4-17(12-19)14-23(28)26-20(21-15-34-24(27-21)22-6-3-11-33-22)13-16-7-9-18(10-8-16)32-35(25,29)30/h2-12,15,20H,13-14H2,1H3,(H,26,28)(H2,25,29,30). The first-order valence-electron chi connectivity index (χ1n) is 10.5. The van der Waals surface area contributed by atoms with Crippen LogP contribution < -0.4 is 19.4 Å². The van der Waals surface area contributed by atoms with Crippen LogP contribution in [0.5, 0.6) is 11.5 Å². The van der Waals surface area contributed by atoms with Gasteiger partial charge in [0.2, 0.25) is 5.91 Å². The minimum Gasteiger partial charge on any atom is -0.497 e. The molecule has 0 aliphatic heterocycles. The number of nitrogens with zero attached hydrogens (tertiary/aromatic N) is 1. The Hall–Kier alpha value is -3.25. The lowest BCUT2D eigenvalue weighted by Crippen LogP contribution is -2.31. The van der Waals surface area contributed by atoms with Crippen LogP contribution >= 0.6 is 22.7 Å². The Morgan fingerprint density at radius 1 is 1.06 bits per heavy atom. The van der Waals surface area contributed by atoms with E-state index >= 15 is 0 Å². The minimum absolute atomic E-state index is 0.114. The maximum atomic E-state index is 13.0. The van der Waals surface area contributed by atoms with Crippen molar-refractivity contribution in [3.63, 3.8) is 0 Å². The van der Waals surface area contributed by atoms with E-state index < -0.39 is 10.3 Å². The van der Waals surface area contributed by atoms with E-state index in [2.05, 4.69) is 5.32 Å². The number of carbonyl (C=O) groups is 1. The average Bonchev–Trinajstić information content (AvgIpc) is 3.51. The molecular weight excluding hydrogens is 506 g/mol. The van der Waals surface area contributed by atoms with Crippen molar-refractivity contribution in [3.8, 4) is 21.4 Å². The van der Waals surface area contributed by atoms with Crippen molar-refractivity contribution < 1.29 is 22.1 Å². The molecule has 182 valence electrons. The molecule has 0 saturated carbocycles. The highest BCUT2D eigenvalue weighted by Crippen LogP contribution is 2.31. The SMILES string of the molecule is COc1cccc(CC(=O)NC(Cc2ccc(OS(N)(=O)=O)cc2)c2csc(-c3cccs3)n2)c1. The molecule has 8 nitrogen and oxygen atoms in total. The number of benzene rings is 2. The molecule has 1 unspecified atom stereocenters. The van der Waals surface area contributed by atoms with Gasteiger partial charge in [0.05, 0.1) is 30.1 Å². The highest BCUT2D eigenvalue weighted by atomic mass is 32.2. The lowest BCUT2D eigenvalue weighted by Gasteiger charge is -2.18. The Morgan fingerprint density at radius 3 is 2.54 bits per heavy atom. The fraction of sp³-hybridized carbons (Fsp3) is 0.167. The van der Waals surface area contributed by atoms with E-state index in [1.807, 2.05) is 47.2 Å². The van der Waals surface area contributed by atoms with Crippen LogP contribution in [0.25, 0.3) is 9.88 Å². The number of hydrogen-bond acceptors (Lipinski definition) is 8. The van der Waals surface area contributed by atoms with Crippen molar-refractivity contribution in [2.24, 2.45) is 5.14 Å². The van der Waals surface area contributed by atoms with Crippen LogP contribution in [0.15, 0.2) is 71.4 Å². The van der Waals surface area contributed by atoms with Crippen LogP contribution in [0.3, 0.4) is 0 Å². The molecule has 4 rings (SSSR count). The Labute approximate surface area is 211 Å². The van der Waals surface area contributed by atoms with Gasteiger partial charge in [0.15, 0.2) is 0 Å². The second kappa shape index (κ2) is 11.0.